The number of nitrogens with two attached hydrogens (primary N) is 2. The zero-order valence-electron chi connectivity index (χ0n) is 14.1. The topological polar surface area (TPSA) is 103 Å². The highest BCUT2D eigenvalue weighted by atomic mass is 16.1. The lowest BCUT2D eigenvalue weighted by atomic mass is 9.74. The van der Waals surface area contributed by atoms with Crippen molar-refractivity contribution in [3.8, 4) is 11.1 Å². The number of benzene rings is 1. The number of fused-ring (bicyclic) bond motifs is 1. The van der Waals surface area contributed by atoms with Crippen LogP contribution in [0.5, 0.6) is 0 Å². The zero-order chi connectivity index (χ0) is 17.6. The molecule has 3 rings (SSSR count). The Bertz CT molecular complexity index is 849. The van der Waals surface area contributed by atoms with Crippen molar-refractivity contribution in [3.63, 3.8) is 0 Å². The molecule has 1 aromatic carbocycles. The monoisotopic (exact) mass is 326 g/mol. The minimum Gasteiger partial charge on any atom is -0.387 e. The Morgan fingerprint density at radius 2 is 2.00 bits per heavy atom. The van der Waals surface area contributed by atoms with E-state index in [4.69, 9.17) is 11.6 Å². The number of rotatable bonds is 3. The first-order valence-corrected chi connectivity index (χ1v) is 7.88. The van der Waals surface area contributed by atoms with Gasteiger partial charge in [-0.2, -0.15) is 0 Å². The maximum Gasteiger partial charge on any atom is 0.250 e. The highest BCUT2D eigenvalue weighted by Crippen LogP contribution is 2.40. The molecule has 6 nitrogen and oxygen atoms in total. The predicted octanol–water partition coefficient (Wildman–Crippen LogP) is 2.16. The summed E-state index contributed by atoms with van der Waals surface area (Å²) in [5.41, 5.74) is 9.74. The fourth-order valence-corrected chi connectivity index (χ4v) is 3.50. The van der Waals surface area contributed by atoms with E-state index in [1.807, 2.05) is 12.1 Å². The van der Waals surface area contributed by atoms with E-state index < -0.39 is 5.91 Å². The summed E-state index contributed by atoms with van der Waals surface area (Å²) < 4.78 is 1.42. The predicted molar refractivity (Wildman–Crippen MR) is 94.5 cm³/mol. The number of nitrogen functional groups attached to an aromatic ring is 1. The second-order valence-corrected chi connectivity index (χ2v) is 7.09. The number of carbonyl (C=O) groups excluding carboxylic acids is 2. The van der Waals surface area contributed by atoms with E-state index in [2.05, 4.69) is 19.2 Å². The van der Waals surface area contributed by atoms with Crippen molar-refractivity contribution in [2.45, 2.75) is 26.7 Å². The van der Waals surface area contributed by atoms with Gasteiger partial charge < -0.3 is 16.9 Å². The van der Waals surface area contributed by atoms with Crippen LogP contribution in [-0.4, -0.2) is 23.4 Å². The van der Waals surface area contributed by atoms with E-state index in [1.165, 1.54) is 4.68 Å². The van der Waals surface area contributed by atoms with Crippen LogP contribution in [0.4, 0.5) is 5.69 Å². The van der Waals surface area contributed by atoms with Crippen molar-refractivity contribution in [2.24, 2.45) is 11.1 Å². The summed E-state index contributed by atoms with van der Waals surface area (Å²) in [4.78, 5) is 24.0. The molecule has 0 atom stereocenters. The summed E-state index contributed by atoms with van der Waals surface area (Å²) in [6.07, 6.45) is 3.05. The van der Waals surface area contributed by atoms with Crippen LogP contribution in [0.25, 0.3) is 11.1 Å². The van der Waals surface area contributed by atoms with Crippen molar-refractivity contribution in [1.82, 2.24) is 4.68 Å². The number of ketones is 1. The Balaban J connectivity index is 2.17. The quantitative estimate of drug-likeness (QED) is 0.752. The van der Waals surface area contributed by atoms with Gasteiger partial charge in [-0.3, -0.25) is 14.3 Å². The van der Waals surface area contributed by atoms with Crippen LogP contribution >= 0.6 is 0 Å². The Kier molecular flexibility index (Phi) is 3.63. The molecule has 0 saturated heterocycles. The number of nitrogens with one attached hydrogen (secondary N) is 1. The minimum absolute atomic E-state index is 0.0672. The molecule has 0 unspecified atom stereocenters. The molecule has 1 aromatic heterocycles. The first-order valence-electron chi connectivity index (χ1n) is 7.88. The van der Waals surface area contributed by atoms with Crippen molar-refractivity contribution in [2.75, 3.05) is 18.2 Å². The molecule has 0 radical (unpaired) electrons. The lowest BCUT2D eigenvalue weighted by Gasteiger charge is -2.29. The van der Waals surface area contributed by atoms with Crippen molar-refractivity contribution in [1.29, 1.82) is 0 Å². The summed E-state index contributed by atoms with van der Waals surface area (Å²) in [5, 5.41) is 2.99. The number of hydrogen-bond acceptors (Lipinski definition) is 4. The van der Waals surface area contributed by atoms with Gasteiger partial charge in [0.1, 0.15) is 5.69 Å². The van der Waals surface area contributed by atoms with Gasteiger partial charge in [0, 0.05) is 30.9 Å². The first-order chi connectivity index (χ1) is 11.2. The lowest BCUT2D eigenvalue weighted by Crippen LogP contribution is -2.29. The average Bonchev–Trinajstić information content (AvgIpc) is 2.81. The van der Waals surface area contributed by atoms with Gasteiger partial charge in [-0.05, 0) is 35.1 Å². The molecule has 126 valence electrons. The molecular formula is C18H22N4O2. The number of amides is 1. The molecule has 1 aliphatic rings. The Morgan fingerprint density at radius 1 is 1.29 bits per heavy atom. The number of aromatic nitrogens is 1. The van der Waals surface area contributed by atoms with E-state index in [0.29, 0.717) is 23.4 Å². The molecule has 2 aromatic rings. The maximum absolute atomic E-state index is 12.5. The molecule has 1 amide bonds. The Morgan fingerprint density at radius 3 is 2.62 bits per heavy atom. The van der Waals surface area contributed by atoms with E-state index in [-0.39, 0.29) is 11.2 Å². The fourth-order valence-electron chi connectivity index (χ4n) is 3.50. The Labute approximate surface area is 140 Å². The number of primary amides is 1. The van der Waals surface area contributed by atoms with Gasteiger partial charge in [0.25, 0.3) is 5.91 Å². The molecule has 0 spiro atoms. The molecule has 0 bridgehead atoms. The number of hydrogen-bond donors (Lipinski definition) is 3. The zero-order valence-corrected chi connectivity index (χ0v) is 14.1. The largest absolute Gasteiger partial charge is 0.387 e. The summed E-state index contributed by atoms with van der Waals surface area (Å²) in [6, 6.07) is 5.39. The minimum atomic E-state index is -0.486. The molecule has 24 heavy (non-hydrogen) atoms. The van der Waals surface area contributed by atoms with E-state index in [1.54, 1.807) is 19.3 Å². The number of anilines is 1. The highest BCUT2D eigenvalue weighted by molar-refractivity contribution is 6.01. The summed E-state index contributed by atoms with van der Waals surface area (Å²) in [7, 11) is 1.74. The second-order valence-electron chi connectivity index (χ2n) is 7.09. The maximum atomic E-state index is 12.5. The second kappa shape index (κ2) is 5.40. The Hall–Kier alpha value is -2.76. The standard InChI is InChI=1S/C18H22N4O2/c1-18(2)7-12-13(9-22(20)16(12)15(23)8-18)10-4-5-11(17(19)24)14(6-10)21-3/h4-6,9,21H,7-8,20H2,1-3H3,(H2,19,24). The third kappa shape index (κ3) is 2.54. The van der Waals surface area contributed by atoms with Crippen molar-refractivity contribution < 1.29 is 9.59 Å². The van der Waals surface area contributed by atoms with E-state index >= 15 is 0 Å². The van der Waals surface area contributed by atoms with Crippen LogP contribution in [0.3, 0.4) is 0 Å². The summed E-state index contributed by atoms with van der Waals surface area (Å²) >= 11 is 0. The van der Waals surface area contributed by atoms with E-state index in [9.17, 15) is 9.59 Å². The molecule has 0 saturated carbocycles. The number of Topliss-reactive ketones (excluding diaryl/α,β-unsaturated/α-hetero) is 1. The molecule has 0 aliphatic heterocycles. The van der Waals surface area contributed by atoms with Crippen molar-refractivity contribution in [3.05, 3.63) is 41.2 Å². The van der Waals surface area contributed by atoms with E-state index in [0.717, 1.165) is 23.1 Å². The van der Waals surface area contributed by atoms with Crippen LogP contribution < -0.4 is 16.9 Å². The third-order valence-electron chi connectivity index (χ3n) is 4.56. The van der Waals surface area contributed by atoms with Gasteiger partial charge in [-0.25, -0.2) is 0 Å². The normalized spacial score (nSPS) is 15.9. The molecule has 6 heteroatoms. The summed E-state index contributed by atoms with van der Waals surface area (Å²) in [5.74, 6) is 5.61. The van der Waals surface area contributed by atoms with Crippen LogP contribution in [0.2, 0.25) is 0 Å². The van der Waals surface area contributed by atoms with Gasteiger partial charge in [-0.15, -0.1) is 0 Å². The number of nitrogens with zero attached hydrogens (tertiary/aromatic N) is 1. The SMILES string of the molecule is CNc1cc(-c2cn(N)c3c2CC(C)(C)CC3=O)ccc1C(N)=O. The van der Waals surface area contributed by atoms with Gasteiger partial charge in [0.05, 0.1) is 5.56 Å². The molecular weight excluding hydrogens is 304 g/mol. The van der Waals surface area contributed by atoms with Crippen LogP contribution in [0, 0.1) is 5.41 Å². The van der Waals surface area contributed by atoms with Crippen LogP contribution in [0.15, 0.2) is 24.4 Å². The average molecular weight is 326 g/mol. The smallest absolute Gasteiger partial charge is 0.250 e. The number of carbonyl (C=O) groups is 2. The molecule has 5 N–H and O–H groups in total. The van der Waals surface area contributed by atoms with Gasteiger partial charge >= 0.3 is 0 Å². The highest BCUT2D eigenvalue weighted by Gasteiger charge is 2.35. The summed E-state index contributed by atoms with van der Waals surface area (Å²) in [6.45, 7) is 4.17. The molecule has 1 aliphatic carbocycles. The van der Waals surface area contributed by atoms with Crippen LogP contribution in [-0.2, 0) is 6.42 Å². The molecule has 1 heterocycles. The van der Waals surface area contributed by atoms with Gasteiger partial charge in [0.15, 0.2) is 5.78 Å². The van der Waals surface area contributed by atoms with Gasteiger partial charge in [-0.1, -0.05) is 19.9 Å². The van der Waals surface area contributed by atoms with Crippen LogP contribution in [0.1, 0.15) is 46.7 Å². The first kappa shape index (κ1) is 16.1. The fraction of sp³-hybridized carbons (Fsp3) is 0.333. The van der Waals surface area contributed by atoms with Gasteiger partial charge in [0.2, 0.25) is 0 Å². The third-order valence-corrected chi connectivity index (χ3v) is 4.56. The van der Waals surface area contributed by atoms with Crippen molar-refractivity contribution >= 4 is 17.4 Å². The molecule has 0 fully saturated rings. The lowest BCUT2D eigenvalue weighted by molar-refractivity contribution is 0.0903.